The minimum Gasteiger partial charge on any atom is -0.393 e. The standard InChI is InChI=1S/C21H33N3O2/c1-5-14-13-22-23-17(14)15-6-10-24(11-7-15)18(26)21-9-8-20(4,16(25)12-21)19(21,2)3/h13,15-16,25H,5-12H2,1-4H3,(H,22,23)/t16-,20+,21-/m1/s1. The third-order valence-electron chi connectivity index (χ3n) is 8.70. The molecular weight excluding hydrogens is 326 g/mol. The van der Waals surface area contributed by atoms with Crippen molar-refractivity contribution in [3.8, 4) is 0 Å². The smallest absolute Gasteiger partial charge is 0.229 e. The van der Waals surface area contributed by atoms with Crippen molar-refractivity contribution in [1.29, 1.82) is 0 Å². The number of carbonyl (C=O) groups is 1. The van der Waals surface area contributed by atoms with Crippen molar-refractivity contribution >= 4 is 5.91 Å². The van der Waals surface area contributed by atoms with Gasteiger partial charge in [-0.25, -0.2) is 0 Å². The number of rotatable bonds is 3. The van der Waals surface area contributed by atoms with Crippen molar-refractivity contribution in [3.05, 3.63) is 17.5 Å². The maximum absolute atomic E-state index is 13.6. The Morgan fingerprint density at radius 2 is 2.00 bits per heavy atom. The predicted molar refractivity (Wildman–Crippen MR) is 101 cm³/mol. The van der Waals surface area contributed by atoms with Gasteiger partial charge >= 0.3 is 0 Å². The quantitative estimate of drug-likeness (QED) is 0.870. The molecule has 0 unspecified atom stereocenters. The highest BCUT2D eigenvalue weighted by Gasteiger charge is 2.72. The summed E-state index contributed by atoms with van der Waals surface area (Å²) in [6.07, 6.45) is 7.09. The Bertz CT molecular complexity index is 704. The van der Waals surface area contributed by atoms with Crippen molar-refractivity contribution in [2.45, 2.75) is 78.2 Å². The van der Waals surface area contributed by atoms with Crippen molar-refractivity contribution in [2.75, 3.05) is 13.1 Å². The van der Waals surface area contributed by atoms with Crippen LogP contribution in [-0.2, 0) is 11.2 Å². The van der Waals surface area contributed by atoms with E-state index in [4.69, 9.17) is 0 Å². The van der Waals surface area contributed by atoms with E-state index in [9.17, 15) is 9.90 Å². The summed E-state index contributed by atoms with van der Waals surface area (Å²) in [6, 6.07) is 0. The van der Waals surface area contributed by atoms with Gasteiger partial charge in [-0.2, -0.15) is 5.10 Å². The van der Waals surface area contributed by atoms with Gasteiger partial charge in [-0.15, -0.1) is 0 Å². The van der Waals surface area contributed by atoms with Crippen LogP contribution in [0.15, 0.2) is 6.20 Å². The maximum Gasteiger partial charge on any atom is 0.229 e. The minimum atomic E-state index is -0.378. The summed E-state index contributed by atoms with van der Waals surface area (Å²) in [4.78, 5) is 15.7. The van der Waals surface area contributed by atoms with Gasteiger partial charge in [-0.1, -0.05) is 27.7 Å². The Morgan fingerprint density at radius 3 is 2.54 bits per heavy atom. The summed E-state index contributed by atoms with van der Waals surface area (Å²) in [7, 11) is 0. The molecule has 1 aromatic heterocycles. The Hall–Kier alpha value is -1.36. The van der Waals surface area contributed by atoms with Gasteiger partial charge in [0.2, 0.25) is 5.91 Å². The fourth-order valence-electron chi connectivity index (χ4n) is 6.23. The first-order valence-corrected chi connectivity index (χ1v) is 10.3. The lowest BCUT2D eigenvalue weighted by molar-refractivity contribution is -0.148. The fraction of sp³-hybridized carbons (Fsp3) is 0.810. The first-order chi connectivity index (χ1) is 12.3. The summed E-state index contributed by atoms with van der Waals surface area (Å²) >= 11 is 0. The molecule has 1 amide bonds. The first kappa shape index (κ1) is 18.0. The van der Waals surface area contributed by atoms with Gasteiger partial charge in [0.15, 0.2) is 0 Å². The van der Waals surface area contributed by atoms with Crippen molar-refractivity contribution in [2.24, 2.45) is 16.2 Å². The lowest BCUT2D eigenvalue weighted by Crippen LogP contribution is -2.50. The summed E-state index contributed by atoms with van der Waals surface area (Å²) in [5, 5.41) is 18.1. The van der Waals surface area contributed by atoms with Crippen LogP contribution in [0.4, 0.5) is 0 Å². The van der Waals surface area contributed by atoms with E-state index in [1.54, 1.807) is 0 Å². The zero-order valence-electron chi connectivity index (χ0n) is 16.6. The molecule has 3 atom stereocenters. The van der Waals surface area contributed by atoms with E-state index < -0.39 is 0 Å². The van der Waals surface area contributed by atoms with Gasteiger partial charge in [0.05, 0.1) is 17.7 Å². The molecule has 4 rings (SSSR count). The molecule has 2 saturated carbocycles. The van der Waals surface area contributed by atoms with Gasteiger partial charge < -0.3 is 10.0 Å². The molecule has 3 aliphatic rings. The zero-order chi connectivity index (χ0) is 18.7. The van der Waals surface area contributed by atoms with Crippen LogP contribution < -0.4 is 0 Å². The second-order valence-electron chi connectivity index (χ2n) is 9.57. The van der Waals surface area contributed by atoms with Crippen LogP contribution >= 0.6 is 0 Å². The van der Waals surface area contributed by atoms with Crippen LogP contribution in [0, 0.1) is 16.2 Å². The lowest BCUT2D eigenvalue weighted by Gasteiger charge is -2.44. The number of aryl methyl sites for hydroxylation is 1. The summed E-state index contributed by atoms with van der Waals surface area (Å²) in [5.41, 5.74) is 1.91. The van der Waals surface area contributed by atoms with Crippen LogP contribution in [0.25, 0.3) is 0 Å². The van der Waals surface area contributed by atoms with Gasteiger partial charge in [0.25, 0.3) is 0 Å². The minimum absolute atomic E-state index is 0.132. The largest absolute Gasteiger partial charge is 0.393 e. The molecule has 144 valence electrons. The molecular formula is C21H33N3O2. The van der Waals surface area contributed by atoms with Gasteiger partial charge in [-0.05, 0) is 54.9 Å². The fourth-order valence-corrected chi connectivity index (χ4v) is 6.23. The highest BCUT2D eigenvalue weighted by Crippen LogP contribution is 2.72. The number of aliphatic hydroxyl groups excluding tert-OH is 1. The summed E-state index contributed by atoms with van der Waals surface area (Å²) in [5.74, 6) is 0.770. The average molecular weight is 360 g/mol. The van der Waals surface area contributed by atoms with Crippen molar-refractivity contribution in [1.82, 2.24) is 15.1 Å². The van der Waals surface area contributed by atoms with Crippen LogP contribution in [0.3, 0.4) is 0 Å². The van der Waals surface area contributed by atoms with E-state index in [0.717, 1.165) is 45.2 Å². The molecule has 26 heavy (non-hydrogen) atoms. The lowest BCUT2D eigenvalue weighted by atomic mass is 9.64. The number of nitrogens with zero attached hydrogens (tertiary/aromatic N) is 2. The zero-order valence-corrected chi connectivity index (χ0v) is 16.6. The van der Waals surface area contributed by atoms with E-state index in [1.807, 2.05) is 6.20 Å². The molecule has 1 aromatic rings. The van der Waals surface area contributed by atoms with Crippen molar-refractivity contribution < 1.29 is 9.90 Å². The number of aromatic nitrogens is 2. The van der Waals surface area contributed by atoms with E-state index >= 15 is 0 Å². The number of carbonyl (C=O) groups excluding carboxylic acids is 1. The third kappa shape index (κ3) is 2.12. The number of H-pyrrole nitrogens is 1. The van der Waals surface area contributed by atoms with Crippen molar-refractivity contribution in [3.63, 3.8) is 0 Å². The monoisotopic (exact) mass is 359 g/mol. The number of aliphatic hydroxyl groups is 1. The second-order valence-corrected chi connectivity index (χ2v) is 9.57. The molecule has 5 nitrogen and oxygen atoms in total. The second kappa shape index (κ2) is 5.82. The molecule has 3 fully saturated rings. The third-order valence-corrected chi connectivity index (χ3v) is 8.70. The maximum atomic E-state index is 13.6. The van der Waals surface area contributed by atoms with E-state index in [2.05, 4.69) is 42.8 Å². The van der Waals surface area contributed by atoms with Gasteiger partial charge in [-0.3, -0.25) is 9.89 Å². The molecule has 5 heteroatoms. The first-order valence-electron chi connectivity index (χ1n) is 10.3. The number of amides is 1. The number of hydrogen-bond donors (Lipinski definition) is 2. The molecule has 1 aliphatic heterocycles. The van der Waals surface area contributed by atoms with Crippen LogP contribution in [0.1, 0.15) is 77.0 Å². The summed E-state index contributed by atoms with van der Waals surface area (Å²) < 4.78 is 0. The SMILES string of the molecule is CCc1cn[nH]c1C1CCN(C(=O)[C@@]23CC[C@@](C)([C@H](O)C2)C3(C)C)CC1. The number of aromatic amines is 1. The average Bonchev–Trinajstić information content (AvgIpc) is 3.23. The van der Waals surface area contributed by atoms with Gasteiger partial charge in [0, 0.05) is 24.7 Å². The predicted octanol–water partition coefficient (Wildman–Crippen LogP) is 3.26. The van der Waals surface area contributed by atoms with E-state index in [-0.39, 0.29) is 22.3 Å². The van der Waals surface area contributed by atoms with Gasteiger partial charge in [0.1, 0.15) is 0 Å². The number of fused-ring (bicyclic) bond motifs is 2. The molecule has 0 aromatic carbocycles. The number of likely N-dealkylation sites (tertiary alicyclic amines) is 1. The Balaban J connectivity index is 1.50. The number of nitrogens with one attached hydrogen (secondary N) is 1. The molecule has 2 aliphatic carbocycles. The number of hydrogen-bond acceptors (Lipinski definition) is 3. The Labute approximate surface area is 156 Å². The highest BCUT2D eigenvalue weighted by molar-refractivity contribution is 5.85. The van der Waals surface area contributed by atoms with Crippen LogP contribution in [0.5, 0.6) is 0 Å². The molecule has 2 N–H and O–H groups in total. The highest BCUT2D eigenvalue weighted by atomic mass is 16.3. The Morgan fingerprint density at radius 1 is 1.31 bits per heavy atom. The molecule has 2 bridgehead atoms. The topological polar surface area (TPSA) is 69.2 Å². The van der Waals surface area contributed by atoms with E-state index in [1.165, 1.54) is 11.3 Å². The normalized spacial score (nSPS) is 36.7. The van der Waals surface area contributed by atoms with E-state index in [0.29, 0.717) is 18.2 Å². The van der Waals surface area contributed by atoms with Crippen LogP contribution in [-0.4, -0.2) is 45.3 Å². The molecule has 2 heterocycles. The van der Waals surface area contributed by atoms with Crippen LogP contribution in [0.2, 0.25) is 0 Å². The molecule has 1 saturated heterocycles. The number of piperidine rings is 1. The molecule has 0 spiro atoms. The Kier molecular flexibility index (Phi) is 4.03. The molecule has 0 radical (unpaired) electrons. The summed E-state index contributed by atoms with van der Waals surface area (Å²) in [6.45, 7) is 10.4.